The maximum Gasteiger partial charge on any atom is 0.324 e. The number of ether oxygens (including phenoxy) is 6. The summed E-state index contributed by atoms with van der Waals surface area (Å²) in [6.07, 6.45) is 15.8. The van der Waals surface area contributed by atoms with Gasteiger partial charge in [0, 0.05) is 135 Å². The van der Waals surface area contributed by atoms with Crippen molar-refractivity contribution in [1.29, 1.82) is 0 Å². The number of H-pyrrole nitrogens is 3. The van der Waals surface area contributed by atoms with Crippen molar-refractivity contribution in [2.24, 2.45) is 0 Å². The zero-order valence-corrected chi connectivity index (χ0v) is 68.5. The number of aromatic amines is 3. The third-order valence-corrected chi connectivity index (χ3v) is 22.7. The monoisotopic (exact) mass is 1720 g/mol. The number of likely N-dealkylation sites (tertiary alicyclic amines) is 2. The first-order valence-corrected chi connectivity index (χ1v) is 40.3. The van der Waals surface area contributed by atoms with E-state index in [9.17, 15) is 27.6 Å². The number of nitrogens with zero attached hydrogens (tertiary/aromatic N) is 20. The van der Waals surface area contributed by atoms with Gasteiger partial charge in [-0.05, 0) is 101 Å². The Morgan fingerprint density at radius 2 is 0.877 bits per heavy atom. The number of pyridine rings is 3. The molecule has 1 atom stereocenters. The molecule has 18 rings (SSSR count). The van der Waals surface area contributed by atoms with Gasteiger partial charge in [-0.1, -0.05) is 72.7 Å². The molecule has 14 heterocycles. The smallest absolute Gasteiger partial charge is 0.324 e. The van der Waals surface area contributed by atoms with Gasteiger partial charge in [-0.2, -0.15) is 45.2 Å². The van der Waals surface area contributed by atoms with Crippen molar-refractivity contribution in [3.05, 3.63) is 174 Å². The topological polar surface area (TPSA) is 335 Å². The van der Waals surface area contributed by atoms with Crippen LogP contribution in [0.4, 0.5) is 35.0 Å². The number of fused-ring (bicyclic) bond motifs is 6. The van der Waals surface area contributed by atoms with E-state index in [0.717, 1.165) is 38.0 Å². The third kappa shape index (κ3) is 17.6. The molecule has 0 bridgehead atoms. The first kappa shape index (κ1) is 82.8. The molecule has 5 aliphatic rings. The van der Waals surface area contributed by atoms with Gasteiger partial charge in [0.1, 0.15) is 85.0 Å². The average molecular weight is 1730 g/mol. The van der Waals surface area contributed by atoms with Gasteiger partial charge in [-0.3, -0.25) is 29.7 Å². The van der Waals surface area contributed by atoms with E-state index in [1.54, 1.807) is 45.3 Å². The minimum absolute atomic E-state index is 0.0209. The summed E-state index contributed by atoms with van der Waals surface area (Å²) < 4.78 is 96.2. The number of rotatable bonds is 19. The first-order valence-electron chi connectivity index (χ1n) is 39.1. The summed E-state index contributed by atoms with van der Waals surface area (Å²) in [5.74, 6) is 0.376. The number of piperidine rings is 2. The van der Waals surface area contributed by atoms with Crippen molar-refractivity contribution in [3.63, 3.8) is 0 Å². The van der Waals surface area contributed by atoms with E-state index in [-0.39, 0.29) is 110 Å². The highest BCUT2D eigenvalue weighted by molar-refractivity contribution is 6.34. The minimum atomic E-state index is -1.56. The highest BCUT2D eigenvalue weighted by Crippen LogP contribution is 2.45. The van der Waals surface area contributed by atoms with Crippen LogP contribution in [0.15, 0.2) is 136 Å². The molecule has 9 aromatic heterocycles. The van der Waals surface area contributed by atoms with Gasteiger partial charge in [0.2, 0.25) is 35.4 Å². The van der Waals surface area contributed by atoms with Crippen LogP contribution in [0.2, 0.25) is 15.1 Å². The van der Waals surface area contributed by atoms with Crippen molar-refractivity contribution in [2.75, 3.05) is 140 Å². The zero-order chi connectivity index (χ0) is 85.0. The van der Waals surface area contributed by atoms with E-state index in [2.05, 4.69) is 102 Å². The van der Waals surface area contributed by atoms with Crippen LogP contribution in [0, 0.1) is 24.4 Å². The van der Waals surface area contributed by atoms with E-state index in [1.807, 2.05) is 48.0 Å². The minimum Gasteiger partial charge on any atom is -0.460 e. The number of halogens is 7. The van der Waals surface area contributed by atoms with Crippen LogP contribution in [0.25, 0.3) is 65.4 Å². The number of piperazine rings is 3. The molecular formula is C83H80Cl3F4N23O9. The van der Waals surface area contributed by atoms with E-state index in [0.29, 0.717) is 174 Å². The lowest BCUT2D eigenvalue weighted by atomic mass is 9.96. The highest BCUT2D eigenvalue weighted by atomic mass is 35.5. The molecule has 3 amide bonds. The lowest BCUT2D eigenvalue weighted by Crippen LogP contribution is -2.48. The lowest BCUT2D eigenvalue weighted by molar-refractivity contribution is -0.127. The van der Waals surface area contributed by atoms with Crippen LogP contribution in [-0.2, 0) is 14.4 Å². The number of amides is 3. The Balaban J connectivity index is 0.000000136. The molecule has 630 valence electrons. The number of aromatic nitrogens is 15. The number of hydrogen-bond donors (Lipinski definition) is 3. The summed E-state index contributed by atoms with van der Waals surface area (Å²) in [6.45, 7) is 21.4. The summed E-state index contributed by atoms with van der Waals surface area (Å²) in [5, 5.41) is 22.8. The second-order valence-corrected chi connectivity index (χ2v) is 30.8. The Hall–Kier alpha value is -12.9. The molecular weight excluding hydrogens is 1650 g/mol. The normalized spacial score (nSPS) is 16.8. The molecule has 5 aliphatic heterocycles. The molecule has 0 spiro atoms. The van der Waals surface area contributed by atoms with Crippen molar-refractivity contribution in [1.82, 2.24) is 99.9 Å². The number of nitrogens with one attached hydrogen (secondary N) is 3. The standard InChI is InChI=1S/C28H29ClF2N8O3.C28H23ClFN7O3.C27H28ClFN8O3/c1-3-21(40)38-9-11-39(12-10-38)25-17-5-7-32-26(42-24-18-14-33-36-20(18)13-19(30)22(24)29)23(17)34-27(35-25)41-16-28(31)6-4-8-37(2)15-28;1-3-22(38)36-10-12-37(13-11-36)26-17-8-9-31-27(40-25-18-15-32-35-20(18)14-19(30)23(25)29)24(17)33-28(34-26)39-21-7-5-4-6-16(21)2;1-3-21(38)36-10-12-37(13-11-36)25-17-4-7-30-26(40-24-18-15-31-34-20(18)14-19(29)22(24)28)23(17)32-27(33-25)39-16-5-8-35(2)9-6-16/h3,5,7,13-14H,1,4,6,8-12,15-16H2,2H3,(H,33,36);3-9,14-15H,1,10-13H2,2H3,(H,32,35);3-4,7,14-16H,1,5-6,8-13H2,2H3,(H,31,34)/t28-;;/m1../s1. The molecule has 4 aromatic carbocycles. The Bertz CT molecular complexity index is 6180. The largest absolute Gasteiger partial charge is 0.460 e. The Kier molecular flexibility index (Phi) is 24.3. The van der Waals surface area contributed by atoms with Gasteiger partial charge >= 0.3 is 18.0 Å². The number of hydrogen-bond acceptors (Lipinski definition) is 26. The maximum atomic E-state index is 15.6. The molecule has 5 saturated heterocycles. The molecule has 0 saturated carbocycles. The Labute approximate surface area is 709 Å². The van der Waals surface area contributed by atoms with E-state index in [1.165, 1.54) is 61.2 Å². The molecule has 39 heteroatoms. The van der Waals surface area contributed by atoms with Gasteiger partial charge in [-0.15, -0.1) is 0 Å². The predicted octanol–water partition coefficient (Wildman–Crippen LogP) is 13.3. The quantitative estimate of drug-likeness (QED) is 0.0500. The van der Waals surface area contributed by atoms with E-state index < -0.39 is 23.1 Å². The number of aryl methyl sites for hydroxylation is 1. The fourth-order valence-corrected chi connectivity index (χ4v) is 15.7. The molecule has 5 fully saturated rings. The molecule has 0 radical (unpaired) electrons. The average Bonchev–Trinajstić information content (AvgIpc) is 1.01. The first-order chi connectivity index (χ1) is 59.1. The van der Waals surface area contributed by atoms with Gasteiger partial charge < -0.3 is 67.6 Å². The summed E-state index contributed by atoms with van der Waals surface area (Å²) >= 11 is 19.0. The molecule has 13 aromatic rings. The van der Waals surface area contributed by atoms with Crippen LogP contribution in [-0.4, -0.2) is 255 Å². The number of carbonyl (C=O) groups is 3. The zero-order valence-electron chi connectivity index (χ0n) is 66.3. The highest BCUT2D eigenvalue weighted by Gasteiger charge is 2.37. The van der Waals surface area contributed by atoms with Crippen LogP contribution in [0.1, 0.15) is 31.2 Å². The molecule has 0 aliphatic carbocycles. The number of benzene rings is 4. The van der Waals surface area contributed by atoms with Crippen molar-refractivity contribution < 1.29 is 60.4 Å². The SMILES string of the molecule is C=CC(=O)N1CCN(c2nc(OC3CCN(C)CC3)nc3c(Oc4c(Cl)c(F)cc5[nH]ncc45)nccc23)CC1.C=CC(=O)N1CCN(c2nc(OC[C@@]3(F)CCCN(C)C3)nc3c(Oc4c(Cl)c(F)cc5[nH]ncc45)nccc23)CC1.C=CC(=O)N1CCN(c2nc(Oc3ccccc3C)nc3c(Oc4c(Cl)c(F)cc5[nH]ncc45)nccc23)CC1. The summed E-state index contributed by atoms with van der Waals surface area (Å²) in [5.41, 5.74) is 1.61. The molecule has 0 unspecified atom stereocenters. The number of para-hydroxylation sites is 1. The summed E-state index contributed by atoms with van der Waals surface area (Å²) in [6, 6.07) is 16.8. The molecule has 32 nitrogen and oxygen atoms in total. The van der Waals surface area contributed by atoms with Gasteiger partial charge in [0.25, 0.3) is 0 Å². The predicted molar refractivity (Wildman–Crippen MR) is 451 cm³/mol. The fraction of sp³-hybridized carbons (Fsp3) is 0.313. The van der Waals surface area contributed by atoms with Crippen LogP contribution < -0.4 is 43.1 Å². The van der Waals surface area contributed by atoms with E-state index in [4.69, 9.17) is 78.2 Å². The second kappa shape index (κ2) is 35.8. The summed E-state index contributed by atoms with van der Waals surface area (Å²) in [7, 11) is 3.96. The van der Waals surface area contributed by atoms with Crippen LogP contribution in [0.3, 0.4) is 0 Å². The van der Waals surface area contributed by atoms with Crippen molar-refractivity contribution in [2.45, 2.75) is 44.4 Å². The Morgan fingerprint density at radius 1 is 0.492 bits per heavy atom. The molecule has 3 N–H and O–H groups in total. The number of carbonyl (C=O) groups excluding carboxylic acids is 3. The fourth-order valence-electron chi connectivity index (χ4n) is 15.1. The van der Waals surface area contributed by atoms with Crippen molar-refractivity contribution in [3.8, 4) is 58.7 Å². The van der Waals surface area contributed by atoms with E-state index >= 15 is 4.39 Å². The van der Waals surface area contributed by atoms with Crippen LogP contribution in [0.5, 0.6) is 58.7 Å². The maximum absolute atomic E-state index is 15.6. The number of alkyl halides is 1. The number of anilines is 3. The lowest BCUT2D eigenvalue weighted by Gasteiger charge is -2.36. The molecule has 122 heavy (non-hydrogen) atoms. The second-order valence-electron chi connectivity index (χ2n) is 29.6. The summed E-state index contributed by atoms with van der Waals surface area (Å²) in [4.78, 5) is 93.3. The van der Waals surface area contributed by atoms with Gasteiger partial charge in [0.15, 0.2) is 22.9 Å². The third-order valence-electron chi connectivity index (χ3n) is 21.6. The van der Waals surface area contributed by atoms with Crippen molar-refractivity contribution >= 4 is 135 Å². The Morgan fingerprint density at radius 3 is 1.28 bits per heavy atom. The van der Waals surface area contributed by atoms with Gasteiger partial charge in [-0.25, -0.2) is 32.5 Å². The van der Waals surface area contributed by atoms with Gasteiger partial charge in [0.05, 0.1) is 67.5 Å². The van der Waals surface area contributed by atoms with Crippen LogP contribution >= 0.6 is 34.8 Å².